The van der Waals surface area contributed by atoms with Gasteiger partial charge >= 0.3 is 0 Å². The maximum atomic E-state index is 5.75. The highest BCUT2D eigenvalue weighted by atomic mass is 16.5. The van der Waals surface area contributed by atoms with Gasteiger partial charge in [0.05, 0.1) is 12.7 Å². The first-order valence-electron chi connectivity index (χ1n) is 7.83. The van der Waals surface area contributed by atoms with E-state index in [4.69, 9.17) is 9.72 Å². The summed E-state index contributed by atoms with van der Waals surface area (Å²) in [5, 5.41) is 3.39. The zero-order chi connectivity index (χ0) is 14.4. The molecule has 4 nitrogen and oxygen atoms in total. The fourth-order valence-corrected chi connectivity index (χ4v) is 2.52. The van der Waals surface area contributed by atoms with Crippen LogP contribution in [0.25, 0.3) is 0 Å². The first kappa shape index (κ1) is 15.3. The van der Waals surface area contributed by atoms with Gasteiger partial charge in [0.2, 0.25) is 0 Å². The second-order valence-electron chi connectivity index (χ2n) is 5.31. The van der Waals surface area contributed by atoms with Gasteiger partial charge in [0.1, 0.15) is 5.82 Å². The van der Waals surface area contributed by atoms with Crippen LogP contribution in [-0.2, 0) is 17.7 Å². The van der Waals surface area contributed by atoms with Crippen molar-refractivity contribution in [3.05, 3.63) is 23.4 Å². The minimum absolute atomic E-state index is 0.341. The molecule has 20 heavy (non-hydrogen) atoms. The Morgan fingerprint density at radius 2 is 2.20 bits per heavy atom. The molecule has 2 heterocycles. The molecule has 1 atom stereocenters. The molecule has 1 aromatic rings. The molecular formula is C16H27N3O. The first-order chi connectivity index (χ1) is 9.76. The van der Waals surface area contributed by atoms with E-state index in [-0.39, 0.29) is 0 Å². The Kier molecular flexibility index (Phi) is 5.80. The second kappa shape index (κ2) is 7.60. The molecule has 0 radical (unpaired) electrons. The number of nitrogens with one attached hydrogen (secondary N) is 1. The number of nitrogens with zero attached hydrogens (tertiary/aromatic N) is 2. The van der Waals surface area contributed by atoms with Crippen molar-refractivity contribution in [2.75, 3.05) is 31.1 Å². The van der Waals surface area contributed by atoms with Gasteiger partial charge in [-0.25, -0.2) is 4.98 Å². The second-order valence-corrected chi connectivity index (χ2v) is 5.31. The molecule has 0 aliphatic carbocycles. The van der Waals surface area contributed by atoms with E-state index in [1.807, 2.05) is 0 Å². The number of anilines is 1. The Bertz CT molecular complexity index is 422. The first-order valence-corrected chi connectivity index (χ1v) is 7.83. The minimum atomic E-state index is 0.341. The largest absolute Gasteiger partial charge is 0.375 e. The quantitative estimate of drug-likeness (QED) is 0.866. The number of hydrogen-bond donors (Lipinski definition) is 1. The number of pyridine rings is 1. The van der Waals surface area contributed by atoms with E-state index in [1.165, 1.54) is 11.3 Å². The van der Waals surface area contributed by atoms with Crippen LogP contribution >= 0.6 is 0 Å². The highest BCUT2D eigenvalue weighted by Gasteiger charge is 2.20. The van der Waals surface area contributed by atoms with E-state index < -0.39 is 0 Å². The van der Waals surface area contributed by atoms with E-state index in [0.29, 0.717) is 6.10 Å². The lowest BCUT2D eigenvalue weighted by Gasteiger charge is -2.33. The van der Waals surface area contributed by atoms with Gasteiger partial charge in [0, 0.05) is 25.3 Å². The van der Waals surface area contributed by atoms with E-state index in [0.717, 1.165) is 51.4 Å². The molecule has 1 fully saturated rings. The standard InChI is InChI=1S/C16H27N3O/c1-4-14-9-13(11-17-6-3)10-16(18-14)19-7-8-20-15(5-2)12-19/h9-10,15,17H,4-8,11-12H2,1-3H3. The van der Waals surface area contributed by atoms with Gasteiger partial charge in [-0.15, -0.1) is 0 Å². The van der Waals surface area contributed by atoms with Crippen LogP contribution in [0, 0.1) is 0 Å². The maximum absolute atomic E-state index is 5.75. The summed E-state index contributed by atoms with van der Waals surface area (Å²) < 4.78 is 5.75. The molecule has 1 unspecified atom stereocenters. The van der Waals surface area contributed by atoms with Crippen molar-refractivity contribution in [1.29, 1.82) is 0 Å². The lowest BCUT2D eigenvalue weighted by atomic mass is 10.1. The molecule has 2 rings (SSSR count). The van der Waals surface area contributed by atoms with Gasteiger partial charge in [-0.2, -0.15) is 0 Å². The molecule has 1 aliphatic heterocycles. The van der Waals surface area contributed by atoms with E-state index in [9.17, 15) is 0 Å². The van der Waals surface area contributed by atoms with Crippen LogP contribution in [0.2, 0.25) is 0 Å². The summed E-state index contributed by atoms with van der Waals surface area (Å²) in [6.45, 7) is 11.1. The van der Waals surface area contributed by atoms with Gasteiger partial charge < -0.3 is 15.0 Å². The number of hydrogen-bond acceptors (Lipinski definition) is 4. The van der Waals surface area contributed by atoms with Crippen molar-refractivity contribution in [1.82, 2.24) is 10.3 Å². The van der Waals surface area contributed by atoms with Crippen LogP contribution in [0.5, 0.6) is 0 Å². The Balaban J connectivity index is 2.16. The van der Waals surface area contributed by atoms with E-state index >= 15 is 0 Å². The van der Waals surface area contributed by atoms with Crippen LogP contribution in [0.15, 0.2) is 12.1 Å². The maximum Gasteiger partial charge on any atom is 0.129 e. The number of rotatable bonds is 6. The summed E-state index contributed by atoms with van der Waals surface area (Å²) in [4.78, 5) is 7.16. The molecule has 112 valence electrons. The molecule has 1 aliphatic rings. The van der Waals surface area contributed by atoms with E-state index in [1.54, 1.807) is 0 Å². The Hall–Kier alpha value is -1.13. The molecule has 1 aromatic heterocycles. The highest BCUT2D eigenvalue weighted by Crippen LogP contribution is 2.19. The number of aromatic nitrogens is 1. The number of morpholine rings is 1. The summed E-state index contributed by atoms with van der Waals surface area (Å²) in [5.74, 6) is 1.11. The Labute approximate surface area is 122 Å². The minimum Gasteiger partial charge on any atom is -0.375 e. The van der Waals surface area contributed by atoms with Crippen LogP contribution in [0.4, 0.5) is 5.82 Å². The van der Waals surface area contributed by atoms with Crippen molar-refractivity contribution in [3.8, 4) is 0 Å². The predicted octanol–water partition coefficient (Wildman–Crippen LogP) is 2.37. The molecule has 0 amide bonds. The van der Waals surface area contributed by atoms with E-state index in [2.05, 4.69) is 43.1 Å². The summed E-state index contributed by atoms with van der Waals surface area (Å²) in [5.41, 5.74) is 2.50. The fourth-order valence-electron chi connectivity index (χ4n) is 2.52. The zero-order valence-electron chi connectivity index (χ0n) is 13.0. The lowest BCUT2D eigenvalue weighted by molar-refractivity contribution is 0.0381. The summed E-state index contributed by atoms with van der Waals surface area (Å²) in [7, 11) is 0. The van der Waals surface area contributed by atoms with Crippen molar-refractivity contribution < 1.29 is 4.74 Å². The van der Waals surface area contributed by atoms with Crippen LogP contribution in [0.3, 0.4) is 0 Å². The number of ether oxygens (including phenoxy) is 1. The fraction of sp³-hybridized carbons (Fsp3) is 0.688. The lowest BCUT2D eigenvalue weighted by Crippen LogP contribution is -2.42. The van der Waals surface area contributed by atoms with Gasteiger partial charge in [-0.05, 0) is 37.1 Å². The summed E-state index contributed by atoms with van der Waals surface area (Å²) in [6.07, 6.45) is 2.39. The van der Waals surface area contributed by atoms with Gasteiger partial charge in [0.15, 0.2) is 0 Å². The average Bonchev–Trinajstić information content (AvgIpc) is 2.52. The Morgan fingerprint density at radius 1 is 1.35 bits per heavy atom. The molecular weight excluding hydrogens is 250 g/mol. The normalized spacial score (nSPS) is 19.4. The third-order valence-electron chi connectivity index (χ3n) is 3.78. The molecule has 0 bridgehead atoms. The van der Waals surface area contributed by atoms with Gasteiger partial charge in [0.25, 0.3) is 0 Å². The van der Waals surface area contributed by atoms with Crippen molar-refractivity contribution >= 4 is 5.82 Å². The molecule has 0 saturated carbocycles. The topological polar surface area (TPSA) is 37.4 Å². The Morgan fingerprint density at radius 3 is 2.90 bits per heavy atom. The molecule has 1 saturated heterocycles. The van der Waals surface area contributed by atoms with Crippen LogP contribution in [-0.4, -0.2) is 37.3 Å². The summed E-state index contributed by atoms with van der Waals surface area (Å²) >= 11 is 0. The SMILES string of the molecule is CCNCc1cc(CC)nc(N2CCOC(CC)C2)c1. The average molecular weight is 277 g/mol. The predicted molar refractivity (Wildman–Crippen MR) is 83.2 cm³/mol. The molecule has 0 aromatic carbocycles. The molecule has 1 N–H and O–H groups in total. The third-order valence-corrected chi connectivity index (χ3v) is 3.78. The molecule has 0 spiro atoms. The van der Waals surface area contributed by atoms with Crippen molar-refractivity contribution in [2.24, 2.45) is 0 Å². The monoisotopic (exact) mass is 277 g/mol. The van der Waals surface area contributed by atoms with Crippen LogP contribution < -0.4 is 10.2 Å². The number of aryl methyl sites for hydroxylation is 1. The van der Waals surface area contributed by atoms with Gasteiger partial charge in [-0.3, -0.25) is 0 Å². The summed E-state index contributed by atoms with van der Waals surface area (Å²) in [6, 6.07) is 4.43. The van der Waals surface area contributed by atoms with Crippen molar-refractivity contribution in [2.45, 2.75) is 46.3 Å². The highest BCUT2D eigenvalue weighted by molar-refractivity contribution is 5.43. The smallest absolute Gasteiger partial charge is 0.129 e. The molecule has 4 heteroatoms. The van der Waals surface area contributed by atoms with Crippen molar-refractivity contribution in [3.63, 3.8) is 0 Å². The van der Waals surface area contributed by atoms with Gasteiger partial charge in [-0.1, -0.05) is 20.8 Å². The third kappa shape index (κ3) is 3.93. The van der Waals surface area contributed by atoms with Crippen LogP contribution in [0.1, 0.15) is 38.4 Å². The zero-order valence-corrected chi connectivity index (χ0v) is 13.0.